The minimum Gasteiger partial charge on any atom is -0.327 e. The Hall–Kier alpha value is -0.840. The summed E-state index contributed by atoms with van der Waals surface area (Å²) in [5.74, 6) is -1.06. The van der Waals surface area contributed by atoms with Gasteiger partial charge < -0.3 is 11.1 Å². The third kappa shape index (κ3) is 2.76. The van der Waals surface area contributed by atoms with Crippen LogP contribution in [0.15, 0.2) is 12.1 Å². The zero-order valence-electron chi connectivity index (χ0n) is 9.55. The summed E-state index contributed by atoms with van der Waals surface area (Å²) in [6.07, 6.45) is 2.57. The molecule has 0 saturated heterocycles. The van der Waals surface area contributed by atoms with E-state index in [1.54, 1.807) is 0 Å². The number of carbonyl (C=O) groups is 1. The van der Waals surface area contributed by atoms with Gasteiger partial charge in [0.25, 0.3) is 0 Å². The summed E-state index contributed by atoms with van der Waals surface area (Å²) in [5.41, 5.74) is 6.23. The fourth-order valence-corrected chi connectivity index (χ4v) is 2.66. The molecule has 0 bridgehead atoms. The van der Waals surface area contributed by atoms with E-state index >= 15 is 0 Å². The molecule has 3 nitrogen and oxygen atoms in total. The van der Waals surface area contributed by atoms with Crippen molar-refractivity contribution in [2.75, 3.05) is 5.32 Å². The van der Waals surface area contributed by atoms with Crippen molar-refractivity contribution in [3.8, 4) is 0 Å². The largest absolute Gasteiger partial charge is 0.327 e. The van der Waals surface area contributed by atoms with Gasteiger partial charge in [0.15, 0.2) is 5.82 Å². The third-order valence-electron chi connectivity index (χ3n) is 3.16. The van der Waals surface area contributed by atoms with Gasteiger partial charge in [-0.3, -0.25) is 4.79 Å². The molecule has 2 atom stereocenters. The lowest BCUT2D eigenvalue weighted by Gasteiger charge is -2.15. The second-order valence-corrected chi connectivity index (χ2v) is 5.26. The molecule has 0 aliphatic heterocycles. The second kappa shape index (κ2) is 5.43. The minimum atomic E-state index is -0.686. The van der Waals surface area contributed by atoms with Crippen molar-refractivity contribution >= 4 is 34.8 Å². The summed E-state index contributed by atoms with van der Waals surface area (Å²) in [6, 6.07) is 2.55. The molecule has 1 aromatic carbocycles. The van der Waals surface area contributed by atoms with E-state index in [4.69, 9.17) is 28.9 Å². The first-order chi connectivity index (χ1) is 8.49. The molecule has 0 heterocycles. The van der Waals surface area contributed by atoms with E-state index in [-0.39, 0.29) is 27.9 Å². The molecular formula is C12H13Cl2FN2O. The van der Waals surface area contributed by atoms with Gasteiger partial charge >= 0.3 is 0 Å². The molecule has 2 unspecified atom stereocenters. The fourth-order valence-electron chi connectivity index (χ4n) is 2.18. The number of hydrogen-bond donors (Lipinski definition) is 2. The summed E-state index contributed by atoms with van der Waals surface area (Å²) in [5, 5.41) is 2.43. The van der Waals surface area contributed by atoms with Crippen LogP contribution in [0.3, 0.4) is 0 Å². The molecule has 1 aliphatic carbocycles. The first kappa shape index (κ1) is 13.6. The quantitative estimate of drug-likeness (QED) is 0.822. The minimum absolute atomic E-state index is 0.114. The molecule has 0 radical (unpaired) electrons. The SMILES string of the molecule is NC1CCCC1C(=O)Nc1cc(Cl)c(F)c(Cl)c1. The molecule has 0 spiro atoms. The highest BCUT2D eigenvalue weighted by Gasteiger charge is 2.30. The molecule has 1 amide bonds. The molecule has 6 heteroatoms. The average molecular weight is 291 g/mol. The maximum atomic E-state index is 13.2. The summed E-state index contributed by atoms with van der Waals surface area (Å²) in [7, 11) is 0. The molecule has 98 valence electrons. The van der Waals surface area contributed by atoms with Crippen LogP contribution in [0, 0.1) is 11.7 Å². The van der Waals surface area contributed by atoms with Crippen LogP contribution in [-0.2, 0) is 4.79 Å². The number of hydrogen-bond acceptors (Lipinski definition) is 2. The zero-order valence-corrected chi connectivity index (χ0v) is 11.1. The Morgan fingerprint density at radius 3 is 2.44 bits per heavy atom. The fraction of sp³-hybridized carbons (Fsp3) is 0.417. The van der Waals surface area contributed by atoms with E-state index in [2.05, 4.69) is 5.32 Å². The predicted octanol–water partition coefficient (Wildman–Crippen LogP) is 3.20. The number of benzene rings is 1. The number of nitrogens with two attached hydrogens (primary N) is 1. The van der Waals surface area contributed by atoms with E-state index in [1.165, 1.54) is 12.1 Å². The highest BCUT2D eigenvalue weighted by molar-refractivity contribution is 6.35. The molecule has 0 aromatic heterocycles. The van der Waals surface area contributed by atoms with Crippen LogP contribution in [0.4, 0.5) is 10.1 Å². The van der Waals surface area contributed by atoms with Crippen molar-refractivity contribution in [2.24, 2.45) is 11.7 Å². The lowest BCUT2D eigenvalue weighted by atomic mass is 10.0. The maximum Gasteiger partial charge on any atom is 0.229 e. The maximum absolute atomic E-state index is 13.2. The van der Waals surface area contributed by atoms with Crippen LogP contribution in [0.5, 0.6) is 0 Å². The third-order valence-corrected chi connectivity index (χ3v) is 3.71. The van der Waals surface area contributed by atoms with Gasteiger partial charge in [-0.25, -0.2) is 4.39 Å². The van der Waals surface area contributed by atoms with E-state index in [0.717, 1.165) is 19.3 Å². The highest BCUT2D eigenvalue weighted by Crippen LogP contribution is 2.29. The summed E-state index contributed by atoms with van der Waals surface area (Å²) < 4.78 is 13.2. The summed E-state index contributed by atoms with van der Waals surface area (Å²) in [6.45, 7) is 0. The van der Waals surface area contributed by atoms with Crippen molar-refractivity contribution in [3.05, 3.63) is 28.0 Å². The van der Waals surface area contributed by atoms with E-state index in [0.29, 0.717) is 5.69 Å². The summed E-state index contributed by atoms with van der Waals surface area (Å²) in [4.78, 5) is 12.0. The van der Waals surface area contributed by atoms with Gasteiger partial charge in [0.1, 0.15) is 0 Å². The predicted molar refractivity (Wildman–Crippen MR) is 70.4 cm³/mol. The molecule has 3 N–H and O–H groups in total. The van der Waals surface area contributed by atoms with Crippen molar-refractivity contribution < 1.29 is 9.18 Å². The smallest absolute Gasteiger partial charge is 0.229 e. The van der Waals surface area contributed by atoms with Gasteiger partial charge in [0.2, 0.25) is 5.91 Å². The van der Waals surface area contributed by atoms with Crippen LogP contribution >= 0.6 is 23.2 Å². The lowest BCUT2D eigenvalue weighted by molar-refractivity contribution is -0.120. The number of carbonyl (C=O) groups excluding carboxylic acids is 1. The molecule has 1 aromatic rings. The van der Waals surface area contributed by atoms with Crippen LogP contribution in [0.25, 0.3) is 0 Å². The van der Waals surface area contributed by atoms with Crippen LogP contribution in [0.1, 0.15) is 19.3 Å². The lowest BCUT2D eigenvalue weighted by Crippen LogP contribution is -2.34. The van der Waals surface area contributed by atoms with E-state index in [9.17, 15) is 9.18 Å². The second-order valence-electron chi connectivity index (χ2n) is 4.44. The van der Waals surface area contributed by atoms with Gasteiger partial charge in [-0.2, -0.15) is 0 Å². The van der Waals surface area contributed by atoms with Gasteiger partial charge in [-0.15, -0.1) is 0 Å². The van der Waals surface area contributed by atoms with Crippen LogP contribution in [0.2, 0.25) is 10.0 Å². The van der Waals surface area contributed by atoms with Crippen LogP contribution < -0.4 is 11.1 Å². The number of nitrogens with one attached hydrogen (secondary N) is 1. The van der Waals surface area contributed by atoms with Gasteiger partial charge in [0.05, 0.1) is 16.0 Å². The molecule has 1 fully saturated rings. The van der Waals surface area contributed by atoms with Crippen molar-refractivity contribution in [3.63, 3.8) is 0 Å². The van der Waals surface area contributed by atoms with E-state index in [1.807, 2.05) is 0 Å². The highest BCUT2D eigenvalue weighted by atomic mass is 35.5. The number of amides is 1. The monoisotopic (exact) mass is 290 g/mol. The van der Waals surface area contributed by atoms with Crippen molar-refractivity contribution in [1.29, 1.82) is 0 Å². The van der Waals surface area contributed by atoms with Gasteiger partial charge in [-0.1, -0.05) is 29.6 Å². The van der Waals surface area contributed by atoms with Crippen molar-refractivity contribution in [2.45, 2.75) is 25.3 Å². The molecule has 2 rings (SSSR count). The molecule has 1 saturated carbocycles. The Balaban J connectivity index is 2.12. The first-order valence-electron chi connectivity index (χ1n) is 5.70. The number of rotatable bonds is 2. The Kier molecular flexibility index (Phi) is 4.10. The van der Waals surface area contributed by atoms with Crippen LogP contribution in [-0.4, -0.2) is 11.9 Å². The Morgan fingerprint density at radius 1 is 1.33 bits per heavy atom. The average Bonchev–Trinajstić information content (AvgIpc) is 2.72. The van der Waals surface area contributed by atoms with Crippen molar-refractivity contribution in [1.82, 2.24) is 0 Å². The van der Waals surface area contributed by atoms with Gasteiger partial charge in [-0.05, 0) is 25.0 Å². The number of anilines is 1. The summed E-state index contributed by atoms with van der Waals surface area (Å²) >= 11 is 11.3. The molecule has 1 aliphatic rings. The standard InChI is InChI=1S/C12H13Cl2FN2O/c13-8-4-6(5-9(14)11(8)15)17-12(18)7-2-1-3-10(7)16/h4-5,7,10H,1-3,16H2,(H,17,18). The Labute approximate surface area is 114 Å². The van der Waals surface area contributed by atoms with Gasteiger partial charge in [0, 0.05) is 11.7 Å². The first-order valence-corrected chi connectivity index (χ1v) is 6.45. The topological polar surface area (TPSA) is 55.1 Å². The molecular weight excluding hydrogens is 278 g/mol. The zero-order chi connectivity index (χ0) is 13.3. The normalized spacial score (nSPS) is 23.1. The van der Waals surface area contributed by atoms with E-state index < -0.39 is 5.82 Å². The Bertz CT molecular complexity index is 458. The Morgan fingerprint density at radius 2 is 1.94 bits per heavy atom. The number of halogens is 3. The molecule has 18 heavy (non-hydrogen) atoms.